The van der Waals surface area contributed by atoms with Crippen LogP contribution in [-0.4, -0.2) is 10.8 Å². The normalized spacial score (nSPS) is 10.3. The van der Waals surface area contributed by atoms with Gasteiger partial charge in [0.2, 0.25) is 0 Å². The lowest BCUT2D eigenvalue weighted by Gasteiger charge is -2.01. The fourth-order valence-electron chi connectivity index (χ4n) is 1.71. The number of hydrogen-bond acceptors (Lipinski definition) is 2. The van der Waals surface area contributed by atoms with Crippen molar-refractivity contribution in [2.75, 3.05) is 0 Å². The standard InChI is InChI=1S/C14H21NO/c1-2-3-4-5-6-14(16)8-7-13-9-11-15-12-10-13/h9-12H,2-8H2,1H3. The first kappa shape index (κ1) is 12.9. The summed E-state index contributed by atoms with van der Waals surface area (Å²) in [5.41, 5.74) is 1.21. The zero-order valence-electron chi connectivity index (χ0n) is 10.1. The quantitative estimate of drug-likeness (QED) is 0.626. The van der Waals surface area contributed by atoms with Crippen LogP contribution in [0, 0.1) is 0 Å². The van der Waals surface area contributed by atoms with Crippen molar-refractivity contribution in [2.24, 2.45) is 0 Å². The molecule has 2 heteroatoms. The van der Waals surface area contributed by atoms with E-state index in [2.05, 4.69) is 11.9 Å². The lowest BCUT2D eigenvalue weighted by molar-refractivity contribution is -0.119. The van der Waals surface area contributed by atoms with Gasteiger partial charge >= 0.3 is 0 Å². The maximum absolute atomic E-state index is 11.6. The van der Waals surface area contributed by atoms with Crippen LogP contribution in [0.3, 0.4) is 0 Å². The van der Waals surface area contributed by atoms with Gasteiger partial charge in [-0.25, -0.2) is 0 Å². The molecule has 0 amide bonds. The lowest BCUT2D eigenvalue weighted by atomic mass is 10.0. The lowest BCUT2D eigenvalue weighted by Crippen LogP contribution is -2.00. The van der Waals surface area contributed by atoms with Crippen molar-refractivity contribution in [3.63, 3.8) is 0 Å². The van der Waals surface area contributed by atoms with E-state index in [9.17, 15) is 4.79 Å². The van der Waals surface area contributed by atoms with Crippen LogP contribution in [0.5, 0.6) is 0 Å². The molecule has 0 unspecified atom stereocenters. The Balaban J connectivity index is 2.11. The molecule has 0 atom stereocenters. The Morgan fingerprint density at radius 1 is 1.12 bits per heavy atom. The molecule has 1 aromatic heterocycles. The first-order valence-electron chi connectivity index (χ1n) is 6.23. The summed E-state index contributed by atoms with van der Waals surface area (Å²) < 4.78 is 0. The minimum atomic E-state index is 0.396. The van der Waals surface area contributed by atoms with E-state index in [0.717, 1.165) is 19.3 Å². The molecule has 0 bridgehead atoms. The van der Waals surface area contributed by atoms with Crippen LogP contribution in [0.4, 0.5) is 0 Å². The van der Waals surface area contributed by atoms with Gasteiger partial charge in [0.15, 0.2) is 0 Å². The van der Waals surface area contributed by atoms with Crippen LogP contribution in [-0.2, 0) is 11.2 Å². The fourth-order valence-corrected chi connectivity index (χ4v) is 1.71. The second-order valence-electron chi connectivity index (χ2n) is 4.20. The Hall–Kier alpha value is -1.18. The van der Waals surface area contributed by atoms with Gasteiger partial charge in [-0.05, 0) is 30.5 Å². The van der Waals surface area contributed by atoms with Crippen molar-refractivity contribution >= 4 is 5.78 Å². The molecule has 0 radical (unpaired) electrons. The second-order valence-corrected chi connectivity index (χ2v) is 4.20. The summed E-state index contributed by atoms with van der Waals surface area (Å²) in [5.74, 6) is 0.396. The van der Waals surface area contributed by atoms with E-state index in [4.69, 9.17) is 0 Å². The fraction of sp³-hybridized carbons (Fsp3) is 0.571. The number of hydrogen-bond donors (Lipinski definition) is 0. The van der Waals surface area contributed by atoms with Gasteiger partial charge in [-0.2, -0.15) is 0 Å². The Morgan fingerprint density at radius 2 is 1.88 bits per heavy atom. The molecule has 16 heavy (non-hydrogen) atoms. The van der Waals surface area contributed by atoms with Gasteiger partial charge in [0, 0.05) is 25.2 Å². The van der Waals surface area contributed by atoms with E-state index in [0.29, 0.717) is 12.2 Å². The molecule has 0 fully saturated rings. The van der Waals surface area contributed by atoms with Gasteiger partial charge in [-0.3, -0.25) is 9.78 Å². The van der Waals surface area contributed by atoms with Crippen molar-refractivity contribution in [1.82, 2.24) is 4.98 Å². The van der Waals surface area contributed by atoms with Crippen molar-refractivity contribution in [2.45, 2.75) is 51.9 Å². The zero-order chi connectivity index (χ0) is 11.6. The highest BCUT2D eigenvalue weighted by atomic mass is 16.1. The molecule has 0 aromatic carbocycles. The van der Waals surface area contributed by atoms with E-state index >= 15 is 0 Å². The molecule has 1 aromatic rings. The third-order valence-corrected chi connectivity index (χ3v) is 2.75. The first-order chi connectivity index (χ1) is 7.83. The number of unbranched alkanes of at least 4 members (excludes halogenated alkanes) is 3. The van der Waals surface area contributed by atoms with E-state index < -0.39 is 0 Å². The van der Waals surface area contributed by atoms with E-state index in [-0.39, 0.29) is 0 Å². The highest BCUT2D eigenvalue weighted by molar-refractivity contribution is 5.78. The largest absolute Gasteiger partial charge is 0.300 e. The minimum Gasteiger partial charge on any atom is -0.300 e. The van der Waals surface area contributed by atoms with Crippen LogP contribution >= 0.6 is 0 Å². The van der Waals surface area contributed by atoms with Crippen molar-refractivity contribution < 1.29 is 4.79 Å². The molecule has 0 saturated heterocycles. The number of aryl methyl sites for hydroxylation is 1. The van der Waals surface area contributed by atoms with Gasteiger partial charge in [-0.15, -0.1) is 0 Å². The van der Waals surface area contributed by atoms with Gasteiger partial charge < -0.3 is 0 Å². The highest BCUT2D eigenvalue weighted by Gasteiger charge is 2.02. The molecule has 0 spiro atoms. The summed E-state index contributed by atoms with van der Waals surface area (Å²) >= 11 is 0. The predicted octanol–water partition coefficient (Wildman–Crippen LogP) is 3.55. The van der Waals surface area contributed by atoms with Gasteiger partial charge in [0.25, 0.3) is 0 Å². The second kappa shape index (κ2) is 8.03. The van der Waals surface area contributed by atoms with Crippen LogP contribution in [0.15, 0.2) is 24.5 Å². The summed E-state index contributed by atoms with van der Waals surface area (Å²) in [6.45, 7) is 2.19. The first-order valence-corrected chi connectivity index (χ1v) is 6.23. The molecule has 0 aliphatic heterocycles. The van der Waals surface area contributed by atoms with E-state index in [1.54, 1.807) is 12.4 Å². The summed E-state index contributed by atoms with van der Waals surface area (Å²) in [4.78, 5) is 15.5. The summed E-state index contributed by atoms with van der Waals surface area (Å²) in [5, 5.41) is 0. The zero-order valence-corrected chi connectivity index (χ0v) is 10.1. The van der Waals surface area contributed by atoms with Crippen molar-refractivity contribution in [3.8, 4) is 0 Å². The highest BCUT2D eigenvalue weighted by Crippen LogP contribution is 2.07. The summed E-state index contributed by atoms with van der Waals surface area (Å²) in [6, 6.07) is 3.95. The van der Waals surface area contributed by atoms with Crippen molar-refractivity contribution in [1.29, 1.82) is 0 Å². The van der Waals surface area contributed by atoms with Gasteiger partial charge in [0.05, 0.1) is 0 Å². The Morgan fingerprint density at radius 3 is 2.56 bits per heavy atom. The molecule has 0 aliphatic carbocycles. The average molecular weight is 219 g/mol. The minimum absolute atomic E-state index is 0.396. The molecule has 0 aliphatic rings. The maximum Gasteiger partial charge on any atom is 0.133 e. The molecule has 1 heterocycles. The summed E-state index contributed by atoms with van der Waals surface area (Å²) in [7, 11) is 0. The topological polar surface area (TPSA) is 30.0 Å². The maximum atomic E-state index is 11.6. The van der Waals surface area contributed by atoms with E-state index in [1.165, 1.54) is 24.8 Å². The molecule has 1 rings (SSSR count). The molecule has 88 valence electrons. The number of carbonyl (C=O) groups is 1. The average Bonchev–Trinajstić information content (AvgIpc) is 2.33. The number of pyridine rings is 1. The number of ketones is 1. The SMILES string of the molecule is CCCCCCC(=O)CCc1ccncc1. The predicted molar refractivity (Wildman–Crippen MR) is 66.3 cm³/mol. The molecular formula is C14H21NO. The third-order valence-electron chi connectivity index (χ3n) is 2.75. The van der Waals surface area contributed by atoms with Gasteiger partial charge in [0.1, 0.15) is 5.78 Å². The molecular weight excluding hydrogens is 198 g/mol. The van der Waals surface area contributed by atoms with Crippen molar-refractivity contribution in [3.05, 3.63) is 30.1 Å². The smallest absolute Gasteiger partial charge is 0.133 e. The number of aromatic nitrogens is 1. The van der Waals surface area contributed by atoms with Crippen LogP contribution < -0.4 is 0 Å². The summed E-state index contributed by atoms with van der Waals surface area (Å²) in [6.07, 6.45) is 10.6. The Labute approximate surface area is 98.1 Å². The Bertz CT molecular complexity index is 295. The number of rotatable bonds is 8. The number of Topliss-reactive ketones (excluding diaryl/α,β-unsaturated/α-hetero) is 1. The van der Waals surface area contributed by atoms with E-state index in [1.807, 2.05) is 12.1 Å². The van der Waals surface area contributed by atoms with Crippen LogP contribution in [0.1, 0.15) is 51.0 Å². The Kier molecular flexibility index (Phi) is 6.47. The number of nitrogens with zero attached hydrogens (tertiary/aromatic N) is 1. The number of carbonyl (C=O) groups excluding carboxylic acids is 1. The van der Waals surface area contributed by atoms with Crippen LogP contribution in [0.2, 0.25) is 0 Å². The molecule has 2 nitrogen and oxygen atoms in total. The molecule has 0 N–H and O–H groups in total. The van der Waals surface area contributed by atoms with Gasteiger partial charge in [-0.1, -0.05) is 26.2 Å². The van der Waals surface area contributed by atoms with Crippen LogP contribution in [0.25, 0.3) is 0 Å². The molecule has 0 saturated carbocycles. The monoisotopic (exact) mass is 219 g/mol. The third kappa shape index (κ3) is 5.64.